The van der Waals surface area contributed by atoms with Gasteiger partial charge in [-0.25, -0.2) is 9.18 Å². The normalized spacial score (nSPS) is 23.2. The maximum absolute atomic E-state index is 13.6. The number of fused-ring (bicyclic) bond motifs is 1. The molecule has 1 aromatic rings. The van der Waals surface area contributed by atoms with E-state index in [-0.39, 0.29) is 5.69 Å². The zero-order valence-corrected chi connectivity index (χ0v) is 15.6. The second-order valence-corrected chi connectivity index (χ2v) is 6.93. The van der Waals surface area contributed by atoms with Gasteiger partial charge in [0.15, 0.2) is 6.10 Å². The first kappa shape index (κ1) is 19.7. The van der Waals surface area contributed by atoms with Crippen LogP contribution in [0.1, 0.15) is 26.7 Å². The molecule has 1 heterocycles. The van der Waals surface area contributed by atoms with Gasteiger partial charge in [0, 0.05) is 0 Å². The first-order chi connectivity index (χ1) is 13.3. The number of imide groups is 1. The minimum absolute atomic E-state index is 0.0371. The van der Waals surface area contributed by atoms with Gasteiger partial charge in [0.2, 0.25) is 11.8 Å². The molecule has 1 aliphatic heterocycles. The number of benzene rings is 1. The summed E-state index contributed by atoms with van der Waals surface area (Å²) in [6.07, 6.45) is 3.41. The van der Waals surface area contributed by atoms with E-state index in [1.807, 2.05) is 12.2 Å². The van der Waals surface area contributed by atoms with E-state index in [9.17, 15) is 23.6 Å². The lowest BCUT2D eigenvalue weighted by Gasteiger charge is -2.23. The van der Waals surface area contributed by atoms with Crippen LogP contribution in [-0.2, 0) is 23.9 Å². The van der Waals surface area contributed by atoms with Crippen molar-refractivity contribution in [1.82, 2.24) is 4.90 Å². The summed E-state index contributed by atoms with van der Waals surface area (Å²) in [7, 11) is 0. The van der Waals surface area contributed by atoms with Crippen LogP contribution in [0.3, 0.4) is 0 Å². The van der Waals surface area contributed by atoms with Crippen molar-refractivity contribution < 1.29 is 28.3 Å². The van der Waals surface area contributed by atoms with Gasteiger partial charge in [0.05, 0.1) is 17.5 Å². The number of carbonyl (C=O) groups is 4. The summed E-state index contributed by atoms with van der Waals surface area (Å²) in [6, 6.07) is 4.45. The molecular formula is C20H21FN2O5. The number of likely N-dealkylation sites (tertiary alicyclic amines) is 1. The van der Waals surface area contributed by atoms with Crippen molar-refractivity contribution in [1.29, 1.82) is 0 Å². The molecule has 8 heteroatoms. The van der Waals surface area contributed by atoms with Crippen molar-refractivity contribution in [3.05, 3.63) is 42.2 Å². The molecule has 0 radical (unpaired) electrons. The van der Waals surface area contributed by atoms with Crippen molar-refractivity contribution in [2.45, 2.75) is 38.8 Å². The third kappa shape index (κ3) is 3.67. The lowest BCUT2D eigenvalue weighted by atomic mass is 9.85. The van der Waals surface area contributed by atoms with Crippen LogP contribution >= 0.6 is 0 Å². The summed E-state index contributed by atoms with van der Waals surface area (Å²) in [5.74, 6) is -3.90. The highest BCUT2D eigenvalue weighted by Crippen LogP contribution is 2.36. The quantitative estimate of drug-likeness (QED) is 0.473. The summed E-state index contributed by atoms with van der Waals surface area (Å²) in [5.41, 5.74) is -0.0371. The molecule has 3 rings (SSSR count). The van der Waals surface area contributed by atoms with E-state index >= 15 is 0 Å². The molecule has 1 aromatic carbocycles. The highest BCUT2D eigenvalue weighted by molar-refractivity contribution is 6.08. The van der Waals surface area contributed by atoms with Crippen molar-refractivity contribution in [2.24, 2.45) is 11.8 Å². The van der Waals surface area contributed by atoms with E-state index < -0.39 is 53.5 Å². The highest BCUT2D eigenvalue weighted by atomic mass is 19.1. The fraction of sp³-hybridized carbons (Fsp3) is 0.400. The molecule has 1 N–H and O–H groups in total. The van der Waals surface area contributed by atoms with E-state index in [1.54, 1.807) is 6.07 Å². The minimum atomic E-state index is -1.23. The maximum atomic E-state index is 13.6. The topological polar surface area (TPSA) is 92.8 Å². The Morgan fingerprint density at radius 1 is 1.11 bits per heavy atom. The Balaban J connectivity index is 1.62. The van der Waals surface area contributed by atoms with E-state index in [1.165, 1.54) is 32.0 Å². The molecule has 1 aliphatic carbocycles. The Kier molecular flexibility index (Phi) is 5.58. The average Bonchev–Trinajstić information content (AvgIpc) is 2.93. The second kappa shape index (κ2) is 7.92. The van der Waals surface area contributed by atoms with E-state index in [4.69, 9.17) is 4.74 Å². The van der Waals surface area contributed by atoms with Gasteiger partial charge in [-0.15, -0.1) is 0 Å². The number of allylic oxidation sites excluding steroid dienone is 2. The number of anilines is 1. The molecule has 1 saturated heterocycles. The molecule has 148 valence electrons. The first-order valence-corrected chi connectivity index (χ1v) is 9.09. The van der Waals surface area contributed by atoms with Gasteiger partial charge >= 0.3 is 5.97 Å². The largest absolute Gasteiger partial charge is 0.451 e. The number of ether oxygens (including phenoxy) is 1. The molecule has 0 saturated carbocycles. The van der Waals surface area contributed by atoms with E-state index in [0.717, 1.165) is 4.90 Å². The predicted molar refractivity (Wildman–Crippen MR) is 97.3 cm³/mol. The number of para-hydroxylation sites is 1. The first-order valence-electron chi connectivity index (χ1n) is 9.09. The number of esters is 1. The fourth-order valence-electron chi connectivity index (χ4n) is 3.44. The third-order valence-electron chi connectivity index (χ3n) is 5.06. The fourth-order valence-corrected chi connectivity index (χ4v) is 3.44. The zero-order chi connectivity index (χ0) is 20.4. The molecule has 0 aromatic heterocycles. The summed E-state index contributed by atoms with van der Waals surface area (Å²) in [6.45, 7) is 2.72. The Hall–Kier alpha value is -3.03. The van der Waals surface area contributed by atoms with E-state index in [0.29, 0.717) is 12.8 Å². The number of hydrogen-bond donors (Lipinski definition) is 1. The molecule has 0 bridgehead atoms. The van der Waals surface area contributed by atoms with Crippen molar-refractivity contribution in [3.63, 3.8) is 0 Å². The smallest absolute Gasteiger partial charge is 0.329 e. The van der Waals surface area contributed by atoms with Crippen LogP contribution < -0.4 is 5.32 Å². The van der Waals surface area contributed by atoms with Crippen LogP contribution in [0.15, 0.2) is 36.4 Å². The number of amides is 3. The number of hydrogen-bond acceptors (Lipinski definition) is 5. The molecule has 7 nitrogen and oxygen atoms in total. The van der Waals surface area contributed by atoms with Crippen LogP contribution in [0.25, 0.3) is 0 Å². The molecule has 4 atom stereocenters. The SMILES string of the molecule is C[C@H](OC(=O)[C@H](C)N1C(=O)[C@H]2CC=CC[C@@H]2C1=O)C(=O)Nc1ccccc1F. The van der Waals surface area contributed by atoms with Crippen LogP contribution in [-0.4, -0.2) is 40.7 Å². The Labute approximate surface area is 161 Å². The predicted octanol–water partition coefficient (Wildman–Crippen LogP) is 2.04. The summed E-state index contributed by atoms with van der Waals surface area (Å²) < 4.78 is 18.7. The van der Waals surface area contributed by atoms with Gasteiger partial charge in [0.25, 0.3) is 5.91 Å². The van der Waals surface area contributed by atoms with Gasteiger partial charge in [0.1, 0.15) is 11.9 Å². The standard InChI is InChI=1S/C20H21FN2O5/c1-11(23-18(25)13-7-3-4-8-14(13)19(23)26)20(27)28-12(2)17(24)22-16-10-6-5-9-15(16)21/h3-6,9-14H,7-8H2,1-2H3,(H,22,24)/t11-,12-,13-,14-/m0/s1. The lowest BCUT2D eigenvalue weighted by molar-refractivity contribution is -0.163. The van der Waals surface area contributed by atoms with Crippen molar-refractivity contribution in [2.75, 3.05) is 5.32 Å². The molecule has 1 fully saturated rings. The van der Waals surface area contributed by atoms with Crippen LogP contribution in [0.4, 0.5) is 10.1 Å². The highest BCUT2D eigenvalue weighted by Gasteiger charge is 2.50. The molecular weight excluding hydrogens is 367 g/mol. The van der Waals surface area contributed by atoms with Gasteiger partial charge in [-0.3, -0.25) is 19.3 Å². The molecule has 28 heavy (non-hydrogen) atoms. The number of carbonyl (C=O) groups excluding carboxylic acids is 4. The Morgan fingerprint density at radius 2 is 1.68 bits per heavy atom. The van der Waals surface area contributed by atoms with Crippen LogP contribution in [0, 0.1) is 17.7 Å². The monoisotopic (exact) mass is 388 g/mol. The van der Waals surface area contributed by atoms with Crippen molar-refractivity contribution >= 4 is 29.4 Å². The molecule has 3 amide bonds. The second-order valence-electron chi connectivity index (χ2n) is 6.93. The minimum Gasteiger partial charge on any atom is -0.451 e. The van der Waals surface area contributed by atoms with Gasteiger partial charge in [-0.1, -0.05) is 24.3 Å². The number of rotatable bonds is 5. The van der Waals surface area contributed by atoms with E-state index in [2.05, 4.69) is 5.32 Å². The van der Waals surface area contributed by atoms with Crippen LogP contribution in [0.5, 0.6) is 0 Å². The average molecular weight is 388 g/mol. The molecule has 0 spiro atoms. The van der Waals surface area contributed by atoms with Gasteiger partial charge < -0.3 is 10.1 Å². The van der Waals surface area contributed by atoms with Gasteiger partial charge in [-0.05, 0) is 38.8 Å². The number of nitrogens with one attached hydrogen (secondary N) is 1. The zero-order valence-electron chi connectivity index (χ0n) is 15.6. The summed E-state index contributed by atoms with van der Waals surface area (Å²) in [4.78, 5) is 50.6. The summed E-state index contributed by atoms with van der Waals surface area (Å²) >= 11 is 0. The van der Waals surface area contributed by atoms with Crippen LogP contribution in [0.2, 0.25) is 0 Å². The number of nitrogens with zero attached hydrogens (tertiary/aromatic N) is 1. The van der Waals surface area contributed by atoms with Crippen molar-refractivity contribution in [3.8, 4) is 0 Å². The molecule has 2 aliphatic rings. The Morgan fingerprint density at radius 3 is 2.25 bits per heavy atom. The molecule has 0 unspecified atom stereocenters. The lowest BCUT2D eigenvalue weighted by Crippen LogP contribution is -2.46. The van der Waals surface area contributed by atoms with Gasteiger partial charge in [-0.2, -0.15) is 0 Å². The number of halogens is 1. The summed E-state index contributed by atoms with van der Waals surface area (Å²) in [5, 5.41) is 2.34. The third-order valence-corrected chi connectivity index (χ3v) is 5.06. The Bertz CT molecular complexity index is 827. The maximum Gasteiger partial charge on any atom is 0.329 e.